The molecule has 1 heterocycles. The van der Waals surface area contributed by atoms with Gasteiger partial charge in [0.1, 0.15) is 0 Å². The Morgan fingerprint density at radius 3 is 2.29 bits per heavy atom. The second kappa shape index (κ2) is 7.31. The van der Waals surface area contributed by atoms with E-state index in [1.807, 2.05) is 31.2 Å². The monoisotopic (exact) mass is 422 g/mol. The molecule has 2 aromatic carbocycles. The van der Waals surface area contributed by atoms with Crippen molar-refractivity contribution in [2.45, 2.75) is 32.2 Å². The number of benzene rings is 2. The van der Waals surface area contributed by atoms with Crippen molar-refractivity contribution >= 4 is 31.6 Å². The molecule has 1 N–H and O–H groups in total. The Morgan fingerprint density at radius 2 is 1.75 bits per heavy atom. The number of carbonyl (C=O) groups excluding carboxylic acids is 1. The summed E-state index contributed by atoms with van der Waals surface area (Å²) >= 11 is 0. The van der Waals surface area contributed by atoms with Gasteiger partial charge >= 0.3 is 0 Å². The molecular weight excluding hydrogens is 400 g/mol. The first kappa shape index (κ1) is 20.5. The molecule has 1 amide bonds. The molecule has 0 saturated carbocycles. The third kappa shape index (κ3) is 3.96. The lowest BCUT2D eigenvalue weighted by Crippen LogP contribution is -2.30. The lowest BCUT2D eigenvalue weighted by Gasteiger charge is -2.17. The summed E-state index contributed by atoms with van der Waals surface area (Å²) in [6.45, 7) is 5.21. The van der Waals surface area contributed by atoms with E-state index in [1.165, 1.54) is 18.2 Å². The largest absolute Gasteiger partial charge is 0.273 e. The maximum absolute atomic E-state index is 12.7. The van der Waals surface area contributed by atoms with E-state index in [0.717, 1.165) is 15.4 Å². The number of nitrogens with zero attached hydrogens (tertiary/aromatic N) is 1. The Bertz CT molecular complexity index is 1120. The molecule has 150 valence electrons. The molecule has 7 nitrogen and oxygen atoms in total. The summed E-state index contributed by atoms with van der Waals surface area (Å²) in [6, 6.07) is 11.6. The lowest BCUT2D eigenvalue weighted by molar-refractivity contribution is -0.119. The molecule has 1 unspecified atom stereocenters. The molecule has 1 aliphatic rings. The van der Waals surface area contributed by atoms with Gasteiger partial charge in [0.15, 0.2) is 0 Å². The summed E-state index contributed by atoms with van der Waals surface area (Å²) in [6.07, 6.45) is 0. The van der Waals surface area contributed by atoms with Crippen molar-refractivity contribution in [3.05, 3.63) is 59.2 Å². The van der Waals surface area contributed by atoms with Gasteiger partial charge in [-0.1, -0.05) is 36.8 Å². The fourth-order valence-electron chi connectivity index (χ4n) is 3.11. The van der Waals surface area contributed by atoms with Gasteiger partial charge in [-0.2, -0.15) is 0 Å². The summed E-state index contributed by atoms with van der Waals surface area (Å²) in [5.74, 6) is -1.37. The standard InChI is InChI=1S/C19H22N2O5S2/c1-13-4-6-16(7-5-13)11-20-28(25,26)18-9-8-17(10-14(18)2)21-19(22)15(3)12-27(21,23)24/h4-10,15,20H,11-12H2,1-3H3. The molecule has 1 fully saturated rings. The van der Waals surface area contributed by atoms with E-state index >= 15 is 0 Å². The number of sulfonamides is 2. The molecule has 1 aliphatic heterocycles. The van der Waals surface area contributed by atoms with Crippen LogP contribution in [0.2, 0.25) is 0 Å². The first-order valence-electron chi connectivity index (χ1n) is 8.74. The number of hydrogen-bond acceptors (Lipinski definition) is 5. The minimum Gasteiger partial charge on any atom is -0.273 e. The SMILES string of the molecule is Cc1ccc(CNS(=O)(=O)c2ccc(N3C(=O)C(C)CS3(=O)=O)cc2C)cc1. The van der Waals surface area contributed by atoms with Gasteiger partial charge in [-0.15, -0.1) is 0 Å². The van der Waals surface area contributed by atoms with Crippen LogP contribution in [-0.2, 0) is 31.4 Å². The Hall–Kier alpha value is -2.23. The number of hydrogen-bond donors (Lipinski definition) is 1. The van der Waals surface area contributed by atoms with Gasteiger partial charge in [0.05, 0.1) is 22.3 Å². The molecule has 0 aliphatic carbocycles. The molecule has 3 rings (SSSR count). The summed E-state index contributed by atoms with van der Waals surface area (Å²) in [7, 11) is -7.53. The smallest absolute Gasteiger partial charge is 0.244 e. The minimum atomic E-state index is -3.80. The first-order valence-corrected chi connectivity index (χ1v) is 11.8. The summed E-state index contributed by atoms with van der Waals surface area (Å²) in [4.78, 5) is 12.3. The number of anilines is 1. The van der Waals surface area contributed by atoms with Gasteiger partial charge in [-0.3, -0.25) is 4.79 Å². The van der Waals surface area contributed by atoms with Crippen LogP contribution in [0, 0.1) is 19.8 Å². The Labute approximate surface area is 165 Å². The van der Waals surface area contributed by atoms with Gasteiger partial charge in [0.2, 0.25) is 26.0 Å². The normalized spacial score (nSPS) is 19.2. The average molecular weight is 423 g/mol. The number of rotatable bonds is 5. The van der Waals surface area contributed by atoms with Crippen LogP contribution in [0.5, 0.6) is 0 Å². The lowest BCUT2D eigenvalue weighted by atomic mass is 10.2. The molecule has 0 bridgehead atoms. The quantitative estimate of drug-likeness (QED) is 0.795. The fourth-order valence-corrected chi connectivity index (χ4v) is 6.16. The van der Waals surface area contributed by atoms with Crippen molar-refractivity contribution in [1.29, 1.82) is 0 Å². The number of amides is 1. The number of aryl methyl sites for hydroxylation is 2. The first-order chi connectivity index (χ1) is 13.0. The van der Waals surface area contributed by atoms with E-state index in [4.69, 9.17) is 0 Å². The van der Waals surface area contributed by atoms with Crippen LogP contribution in [-0.4, -0.2) is 28.5 Å². The van der Waals surface area contributed by atoms with Crippen LogP contribution in [0.4, 0.5) is 5.69 Å². The predicted octanol–water partition coefficient (Wildman–Crippen LogP) is 2.09. The third-order valence-electron chi connectivity index (χ3n) is 4.63. The van der Waals surface area contributed by atoms with Crippen molar-refractivity contribution in [2.75, 3.05) is 10.1 Å². The Morgan fingerprint density at radius 1 is 1.11 bits per heavy atom. The summed E-state index contributed by atoms with van der Waals surface area (Å²) < 4.78 is 53.1. The predicted molar refractivity (Wildman–Crippen MR) is 107 cm³/mol. The Balaban J connectivity index is 1.85. The maximum Gasteiger partial charge on any atom is 0.244 e. The van der Waals surface area contributed by atoms with Gasteiger partial charge in [-0.05, 0) is 43.2 Å². The zero-order valence-electron chi connectivity index (χ0n) is 15.8. The van der Waals surface area contributed by atoms with Crippen molar-refractivity contribution < 1.29 is 21.6 Å². The van der Waals surface area contributed by atoms with E-state index in [9.17, 15) is 21.6 Å². The second-order valence-electron chi connectivity index (χ2n) is 7.04. The average Bonchev–Trinajstić information content (AvgIpc) is 2.81. The Kier molecular flexibility index (Phi) is 5.35. The molecular formula is C19H22N2O5S2. The van der Waals surface area contributed by atoms with Crippen LogP contribution in [0.25, 0.3) is 0 Å². The number of nitrogens with one attached hydrogen (secondary N) is 1. The van der Waals surface area contributed by atoms with Crippen LogP contribution < -0.4 is 9.03 Å². The van der Waals surface area contributed by atoms with E-state index in [0.29, 0.717) is 5.56 Å². The van der Waals surface area contributed by atoms with Gasteiger partial charge in [0.25, 0.3) is 0 Å². The van der Waals surface area contributed by atoms with Crippen LogP contribution >= 0.6 is 0 Å². The van der Waals surface area contributed by atoms with Crippen molar-refractivity contribution in [3.8, 4) is 0 Å². The maximum atomic E-state index is 12.7. The summed E-state index contributed by atoms with van der Waals surface area (Å²) in [5.41, 5.74) is 2.42. The van der Waals surface area contributed by atoms with Gasteiger partial charge in [0, 0.05) is 6.54 Å². The zero-order valence-corrected chi connectivity index (χ0v) is 17.5. The van der Waals surface area contributed by atoms with E-state index in [2.05, 4.69) is 4.72 Å². The third-order valence-corrected chi connectivity index (χ3v) is 8.06. The fraction of sp³-hybridized carbons (Fsp3) is 0.316. The van der Waals surface area contributed by atoms with Crippen molar-refractivity contribution in [3.63, 3.8) is 0 Å². The highest BCUT2D eigenvalue weighted by atomic mass is 32.2. The molecule has 0 aromatic heterocycles. The topological polar surface area (TPSA) is 101 Å². The van der Waals surface area contributed by atoms with Crippen molar-refractivity contribution in [2.24, 2.45) is 5.92 Å². The van der Waals surface area contributed by atoms with Gasteiger partial charge in [-0.25, -0.2) is 25.9 Å². The number of carbonyl (C=O) groups is 1. The molecule has 2 aromatic rings. The molecule has 1 atom stereocenters. The summed E-state index contributed by atoms with van der Waals surface area (Å²) in [5, 5.41) is 0. The molecule has 0 radical (unpaired) electrons. The molecule has 1 saturated heterocycles. The second-order valence-corrected chi connectivity index (χ2v) is 10.6. The highest BCUT2D eigenvalue weighted by Crippen LogP contribution is 2.30. The molecule has 0 spiro atoms. The molecule has 9 heteroatoms. The van der Waals surface area contributed by atoms with Gasteiger partial charge < -0.3 is 0 Å². The van der Waals surface area contributed by atoms with E-state index in [1.54, 1.807) is 13.8 Å². The molecule has 28 heavy (non-hydrogen) atoms. The minimum absolute atomic E-state index is 0.0421. The van der Waals surface area contributed by atoms with Crippen LogP contribution in [0.3, 0.4) is 0 Å². The van der Waals surface area contributed by atoms with E-state index < -0.39 is 31.9 Å². The van der Waals surface area contributed by atoms with Crippen LogP contribution in [0.1, 0.15) is 23.6 Å². The zero-order chi connectivity index (χ0) is 20.7. The van der Waals surface area contributed by atoms with E-state index in [-0.39, 0.29) is 22.9 Å². The van der Waals surface area contributed by atoms with Crippen molar-refractivity contribution in [1.82, 2.24) is 4.72 Å². The van der Waals surface area contributed by atoms with Crippen LogP contribution in [0.15, 0.2) is 47.4 Å². The highest BCUT2D eigenvalue weighted by molar-refractivity contribution is 7.94. The highest BCUT2D eigenvalue weighted by Gasteiger charge is 2.42.